The summed E-state index contributed by atoms with van der Waals surface area (Å²) in [5.74, 6) is 0. The van der Waals surface area contributed by atoms with Gasteiger partial charge in [-0.3, -0.25) is 10.1 Å². The Hall–Kier alpha value is -4.76. The van der Waals surface area contributed by atoms with Gasteiger partial charge in [-0.25, -0.2) is 0 Å². The van der Waals surface area contributed by atoms with E-state index in [2.05, 4.69) is 91.0 Å². The first-order valence-electron chi connectivity index (χ1n) is 12.0. The van der Waals surface area contributed by atoms with Gasteiger partial charge in [-0.05, 0) is 50.6 Å². The summed E-state index contributed by atoms with van der Waals surface area (Å²) in [7, 11) is 0. The molecule has 0 N–H and O–H groups in total. The summed E-state index contributed by atoms with van der Waals surface area (Å²) in [5.41, 5.74) is 7.96. The van der Waals surface area contributed by atoms with E-state index >= 15 is 0 Å². The van der Waals surface area contributed by atoms with Crippen LogP contribution in [-0.4, -0.2) is 4.92 Å². The molecule has 0 aromatic heterocycles. The smallest absolute Gasteiger partial charge is 0.258 e. The molecule has 1 aliphatic carbocycles. The van der Waals surface area contributed by atoms with E-state index in [0.29, 0.717) is 0 Å². The van der Waals surface area contributed by atoms with Gasteiger partial charge < -0.3 is 0 Å². The first-order valence-corrected chi connectivity index (χ1v) is 12.0. The predicted octanol–water partition coefficient (Wildman–Crippen LogP) is 8.04. The first-order chi connectivity index (χ1) is 17.7. The molecule has 1 aliphatic rings. The highest BCUT2D eigenvalue weighted by Gasteiger charge is 2.37. The number of nitrogens with zero attached hydrogens (tertiary/aromatic N) is 1. The fourth-order valence-electron chi connectivity index (χ4n) is 5.43. The SMILES string of the molecule is O=[N+]([O-])c1ccc2c(c1)C(=CC(c1ccccc1)(c1ccccc1)c1ccccc1)c1ccccc1-2. The summed E-state index contributed by atoms with van der Waals surface area (Å²) in [4.78, 5) is 11.4. The Kier molecular flexibility index (Phi) is 5.31. The standard InChI is InChI=1S/C33H23NO2/c35-34(36)27-20-21-30-28-18-10-11-19-29(28)32(31(30)22-27)23-33(24-12-4-1-5-13-24,25-14-6-2-7-15-25)26-16-8-3-9-17-26/h1-23H. The van der Waals surface area contributed by atoms with Crippen LogP contribution < -0.4 is 0 Å². The third-order valence-electron chi connectivity index (χ3n) is 7.06. The lowest BCUT2D eigenvalue weighted by atomic mass is 9.68. The number of benzene rings is 5. The van der Waals surface area contributed by atoms with Crippen molar-refractivity contribution in [1.29, 1.82) is 0 Å². The van der Waals surface area contributed by atoms with Crippen molar-refractivity contribution in [1.82, 2.24) is 0 Å². The second-order valence-electron chi connectivity index (χ2n) is 9.00. The minimum absolute atomic E-state index is 0.0946. The van der Waals surface area contributed by atoms with Gasteiger partial charge in [0.25, 0.3) is 5.69 Å². The Bertz CT molecular complexity index is 1490. The van der Waals surface area contributed by atoms with Gasteiger partial charge in [0, 0.05) is 12.1 Å². The Morgan fingerprint density at radius 2 is 0.972 bits per heavy atom. The highest BCUT2D eigenvalue weighted by Crippen LogP contribution is 2.50. The quantitative estimate of drug-likeness (QED) is 0.147. The van der Waals surface area contributed by atoms with Gasteiger partial charge in [0.15, 0.2) is 0 Å². The van der Waals surface area contributed by atoms with Crippen LogP contribution in [0.15, 0.2) is 140 Å². The van der Waals surface area contributed by atoms with Crippen LogP contribution in [0.1, 0.15) is 27.8 Å². The zero-order chi connectivity index (χ0) is 24.5. The van der Waals surface area contributed by atoms with E-state index < -0.39 is 5.41 Å². The van der Waals surface area contributed by atoms with E-state index in [1.54, 1.807) is 12.1 Å². The minimum atomic E-state index is -0.613. The van der Waals surface area contributed by atoms with Gasteiger partial charge in [0.2, 0.25) is 0 Å². The maximum absolute atomic E-state index is 11.7. The number of allylic oxidation sites excluding steroid dienone is 1. The highest BCUT2D eigenvalue weighted by atomic mass is 16.6. The van der Waals surface area contributed by atoms with Crippen molar-refractivity contribution in [3.05, 3.63) is 177 Å². The van der Waals surface area contributed by atoms with Crippen molar-refractivity contribution in [2.75, 3.05) is 0 Å². The van der Waals surface area contributed by atoms with E-state index in [1.807, 2.05) is 36.4 Å². The monoisotopic (exact) mass is 465 g/mol. The Balaban J connectivity index is 1.74. The van der Waals surface area contributed by atoms with Crippen LogP contribution in [0.3, 0.4) is 0 Å². The topological polar surface area (TPSA) is 43.1 Å². The van der Waals surface area contributed by atoms with Crippen molar-refractivity contribution in [3.8, 4) is 11.1 Å². The zero-order valence-electron chi connectivity index (χ0n) is 19.5. The van der Waals surface area contributed by atoms with Gasteiger partial charge in [0.05, 0.1) is 10.3 Å². The summed E-state index contributed by atoms with van der Waals surface area (Å²) in [6.45, 7) is 0. The lowest BCUT2D eigenvalue weighted by molar-refractivity contribution is -0.384. The molecule has 0 radical (unpaired) electrons. The van der Waals surface area contributed by atoms with Crippen LogP contribution >= 0.6 is 0 Å². The van der Waals surface area contributed by atoms with Gasteiger partial charge >= 0.3 is 0 Å². The minimum Gasteiger partial charge on any atom is -0.258 e. The number of nitro groups is 1. The number of hydrogen-bond acceptors (Lipinski definition) is 2. The number of non-ortho nitro benzene ring substituents is 1. The molecule has 172 valence electrons. The molecule has 6 rings (SSSR count). The zero-order valence-corrected chi connectivity index (χ0v) is 19.5. The van der Waals surface area contributed by atoms with Crippen LogP contribution in [0.4, 0.5) is 5.69 Å². The fraction of sp³-hybridized carbons (Fsp3) is 0.0303. The summed E-state index contributed by atoms with van der Waals surface area (Å²) in [5, 5.41) is 11.7. The van der Waals surface area contributed by atoms with Crippen molar-refractivity contribution in [2.24, 2.45) is 0 Å². The molecule has 3 nitrogen and oxygen atoms in total. The molecule has 5 aromatic carbocycles. The maximum atomic E-state index is 11.7. The summed E-state index contributed by atoms with van der Waals surface area (Å²) in [6.07, 6.45) is 2.31. The molecule has 0 saturated carbocycles. The molecule has 0 aliphatic heterocycles. The lowest BCUT2D eigenvalue weighted by Crippen LogP contribution is -2.27. The number of nitro benzene ring substituents is 1. The molecule has 0 amide bonds. The Morgan fingerprint density at radius 1 is 0.528 bits per heavy atom. The van der Waals surface area contributed by atoms with Crippen LogP contribution in [0.5, 0.6) is 0 Å². The molecular weight excluding hydrogens is 442 g/mol. The summed E-state index contributed by atoms with van der Waals surface area (Å²) < 4.78 is 0. The van der Waals surface area contributed by atoms with Crippen molar-refractivity contribution in [2.45, 2.75) is 5.41 Å². The second-order valence-corrected chi connectivity index (χ2v) is 9.00. The first kappa shape index (κ1) is 21.8. The molecule has 5 aromatic rings. The van der Waals surface area contributed by atoms with E-state index in [9.17, 15) is 10.1 Å². The van der Waals surface area contributed by atoms with E-state index in [0.717, 1.165) is 44.5 Å². The van der Waals surface area contributed by atoms with Gasteiger partial charge in [-0.2, -0.15) is 0 Å². The average molecular weight is 466 g/mol. The molecular formula is C33H23NO2. The van der Waals surface area contributed by atoms with Gasteiger partial charge in [-0.1, -0.05) is 121 Å². The second kappa shape index (κ2) is 8.79. The largest absolute Gasteiger partial charge is 0.270 e. The van der Waals surface area contributed by atoms with Gasteiger partial charge in [-0.15, -0.1) is 0 Å². The van der Waals surface area contributed by atoms with Crippen LogP contribution in [0.2, 0.25) is 0 Å². The molecule has 36 heavy (non-hydrogen) atoms. The number of fused-ring (bicyclic) bond motifs is 3. The Labute approximate surface area is 210 Å². The average Bonchev–Trinajstić information content (AvgIpc) is 3.25. The van der Waals surface area contributed by atoms with E-state index in [-0.39, 0.29) is 10.6 Å². The molecule has 0 fully saturated rings. The van der Waals surface area contributed by atoms with E-state index in [4.69, 9.17) is 0 Å². The third-order valence-corrected chi connectivity index (χ3v) is 7.06. The third kappa shape index (κ3) is 3.45. The van der Waals surface area contributed by atoms with Crippen molar-refractivity contribution < 1.29 is 4.92 Å². The Morgan fingerprint density at radius 3 is 1.47 bits per heavy atom. The summed E-state index contributed by atoms with van der Waals surface area (Å²) in [6, 6.07) is 44.9. The summed E-state index contributed by atoms with van der Waals surface area (Å²) >= 11 is 0. The molecule has 0 saturated heterocycles. The van der Waals surface area contributed by atoms with Crippen LogP contribution in [0, 0.1) is 10.1 Å². The number of rotatable bonds is 5. The van der Waals surface area contributed by atoms with Crippen LogP contribution in [-0.2, 0) is 5.41 Å². The molecule has 0 atom stereocenters. The van der Waals surface area contributed by atoms with E-state index in [1.165, 1.54) is 0 Å². The molecule has 0 spiro atoms. The molecule has 3 heteroatoms. The predicted molar refractivity (Wildman–Crippen MR) is 145 cm³/mol. The normalized spacial score (nSPS) is 13.3. The lowest BCUT2D eigenvalue weighted by Gasteiger charge is -2.34. The van der Waals surface area contributed by atoms with Crippen molar-refractivity contribution >= 4 is 11.3 Å². The van der Waals surface area contributed by atoms with Crippen LogP contribution in [0.25, 0.3) is 16.7 Å². The van der Waals surface area contributed by atoms with Gasteiger partial charge in [0.1, 0.15) is 0 Å². The fourth-order valence-corrected chi connectivity index (χ4v) is 5.43. The molecule has 0 bridgehead atoms. The molecule has 0 heterocycles. The van der Waals surface area contributed by atoms with Crippen molar-refractivity contribution in [3.63, 3.8) is 0 Å². The highest BCUT2D eigenvalue weighted by molar-refractivity contribution is 6.02. The molecule has 0 unspecified atom stereocenters. The maximum Gasteiger partial charge on any atom is 0.270 e. The number of hydrogen-bond donors (Lipinski definition) is 0.